The Morgan fingerprint density at radius 2 is 1.28 bits per heavy atom. The minimum absolute atomic E-state index is 0.309. The second kappa shape index (κ2) is 11.4. The smallest absolute Gasteiger partial charge is 0.0701 e. The third-order valence-corrected chi connectivity index (χ3v) is 2.35. The Kier molecular flexibility index (Phi) is 11.0. The summed E-state index contributed by atoms with van der Waals surface area (Å²) in [4.78, 5) is 0. The van der Waals surface area contributed by atoms with Crippen LogP contribution in [0.25, 0.3) is 0 Å². The zero-order valence-corrected chi connectivity index (χ0v) is 11.7. The molecule has 0 aliphatic heterocycles. The van der Waals surface area contributed by atoms with Crippen LogP contribution in [0.3, 0.4) is 0 Å². The summed E-state index contributed by atoms with van der Waals surface area (Å²) in [6.45, 7) is 7.86. The average molecular weight is 259 g/mol. The van der Waals surface area contributed by atoms with Gasteiger partial charge in [0.15, 0.2) is 0 Å². The molecule has 0 fully saturated rings. The summed E-state index contributed by atoms with van der Waals surface area (Å²) < 4.78 is 20.8. The first-order valence-corrected chi connectivity index (χ1v) is 6.26. The van der Waals surface area contributed by atoms with Gasteiger partial charge in [0.25, 0.3) is 0 Å². The minimum atomic E-state index is -0.309. The summed E-state index contributed by atoms with van der Waals surface area (Å²) >= 11 is 0. The standard InChI is InChI=1S/C13H25NO4/c1-13(2,12-14)4-5-16-8-9-18-11-10-17-7-6-15-3/h4-11H2,1-3H3. The van der Waals surface area contributed by atoms with E-state index in [1.165, 1.54) is 0 Å². The molecule has 0 heterocycles. The molecule has 0 spiro atoms. The van der Waals surface area contributed by atoms with Crippen LogP contribution in [-0.4, -0.2) is 53.4 Å². The van der Waals surface area contributed by atoms with Gasteiger partial charge in [0, 0.05) is 13.7 Å². The van der Waals surface area contributed by atoms with Gasteiger partial charge in [0.1, 0.15) is 0 Å². The summed E-state index contributed by atoms with van der Waals surface area (Å²) in [5.41, 5.74) is -0.309. The van der Waals surface area contributed by atoms with Crippen molar-refractivity contribution < 1.29 is 18.9 Å². The van der Waals surface area contributed by atoms with Crippen molar-refractivity contribution in [2.24, 2.45) is 5.41 Å². The minimum Gasteiger partial charge on any atom is -0.382 e. The molecular formula is C13H25NO4. The highest BCUT2D eigenvalue weighted by molar-refractivity contribution is 4.91. The number of hydrogen-bond donors (Lipinski definition) is 0. The highest BCUT2D eigenvalue weighted by Crippen LogP contribution is 2.17. The fourth-order valence-electron chi connectivity index (χ4n) is 1.07. The van der Waals surface area contributed by atoms with Crippen molar-refractivity contribution in [3.05, 3.63) is 0 Å². The van der Waals surface area contributed by atoms with Crippen molar-refractivity contribution in [1.82, 2.24) is 0 Å². The van der Waals surface area contributed by atoms with Gasteiger partial charge in [-0.1, -0.05) is 0 Å². The molecule has 0 amide bonds. The summed E-state index contributed by atoms with van der Waals surface area (Å²) in [5, 5.41) is 8.80. The Labute approximate surface area is 110 Å². The van der Waals surface area contributed by atoms with Crippen molar-refractivity contribution in [3.8, 4) is 6.07 Å². The van der Waals surface area contributed by atoms with E-state index in [2.05, 4.69) is 6.07 Å². The maximum atomic E-state index is 8.80. The van der Waals surface area contributed by atoms with Crippen LogP contribution in [0.4, 0.5) is 0 Å². The second-order valence-electron chi connectivity index (χ2n) is 4.58. The maximum absolute atomic E-state index is 8.80. The second-order valence-corrected chi connectivity index (χ2v) is 4.58. The molecule has 0 saturated heterocycles. The number of nitrogens with zero attached hydrogens (tertiary/aromatic N) is 1. The molecule has 0 aliphatic carbocycles. The van der Waals surface area contributed by atoms with E-state index in [4.69, 9.17) is 24.2 Å². The predicted octanol–water partition coefficient (Wildman–Crippen LogP) is 1.62. The number of ether oxygens (including phenoxy) is 4. The normalized spacial score (nSPS) is 11.4. The lowest BCUT2D eigenvalue weighted by atomic mass is 9.92. The summed E-state index contributed by atoms with van der Waals surface area (Å²) in [5.74, 6) is 0. The fourth-order valence-corrected chi connectivity index (χ4v) is 1.07. The van der Waals surface area contributed by atoms with E-state index in [0.717, 1.165) is 6.42 Å². The van der Waals surface area contributed by atoms with Crippen LogP contribution in [0.15, 0.2) is 0 Å². The number of hydrogen-bond acceptors (Lipinski definition) is 5. The number of nitriles is 1. The van der Waals surface area contributed by atoms with Gasteiger partial charge >= 0.3 is 0 Å². The molecule has 0 aromatic rings. The van der Waals surface area contributed by atoms with Gasteiger partial charge in [-0.2, -0.15) is 5.26 Å². The molecule has 106 valence electrons. The van der Waals surface area contributed by atoms with Crippen molar-refractivity contribution in [1.29, 1.82) is 5.26 Å². The van der Waals surface area contributed by atoms with Gasteiger partial charge in [-0.25, -0.2) is 0 Å². The highest BCUT2D eigenvalue weighted by Gasteiger charge is 2.15. The zero-order valence-electron chi connectivity index (χ0n) is 11.7. The Bertz CT molecular complexity index is 226. The van der Waals surface area contributed by atoms with Crippen molar-refractivity contribution in [2.45, 2.75) is 20.3 Å². The average Bonchev–Trinajstić information content (AvgIpc) is 2.36. The number of methoxy groups -OCH3 is 1. The van der Waals surface area contributed by atoms with Crippen LogP contribution >= 0.6 is 0 Å². The van der Waals surface area contributed by atoms with Gasteiger partial charge in [-0.3, -0.25) is 0 Å². The first-order chi connectivity index (χ1) is 8.62. The van der Waals surface area contributed by atoms with E-state index in [0.29, 0.717) is 46.2 Å². The Balaban J connectivity index is 3.11. The summed E-state index contributed by atoms with van der Waals surface area (Å²) in [7, 11) is 1.64. The van der Waals surface area contributed by atoms with Crippen LogP contribution in [-0.2, 0) is 18.9 Å². The van der Waals surface area contributed by atoms with Crippen LogP contribution < -0.4 is 0 Å². The molecule has 0 N–H and O–H groups in total. The van der Waals surface area contributed by atoms with Gasteiger partial charge in [-0.05, 0) is 20.3 Å². The van der Waals surface area contributed by atoms with Crippen molar-refractivity contribution in [2.75, 3.05) is 53.4 Å². The third kappa shape index (κ3) is 11.8. The van der Waals surface area contributed by atoms with Gasteiger partial charge in [-0.15, -0.1) is 0 Å². The van der Waals surface area contributed by atoms with Crippen LogP contribution in [0.1, 0.15) is 20.3 Å². The van der Waals surface area contributed by atoms with E-state index >= 15 is 0 Å². The lowest BCUT2D eigenvalue weighted by Gasteiger charge is -2.14. The highest BCUT2D eigenvalue weighted by atomic mass is 16.6. The molecule has 0 unspecified atom stereocenters. The molecule has 18 heavy (non-hydrogen) atoms. The molecule has 0 aromatic carbocycles. The van der Waals surface area contributed by atoms with Crippen LogP contribution in [0.5, 0.6) is 0 Å². The zero-order chi connectivity index (χ0) is 13.7. The Morgan fingerprint density at radius 3 is 1.72 bits per heavy atom. The van der Waals surface area contributed by atoms with E-state index in [9.17, 15) is 0 Å². The Morgan fingerprint density at radius 1 is 0.833 bits per heavy atom. The molecule has 0 saturated carbocycles. The van der Waals surface area contributed by atoms with Crippen LogP contribution in [0.2, 0.25) is 0 Å². The lowest BCUT2D eigenvalue weighted by Crippen LogP contribution is -2.14. The van der Waals surface area contributed by atoms with E-state index in [1.807, 2.05) is 13.8 Å². The molecule has 0 aliphatic rings. The molecular weight excluding hydrogens is 234 g/mol. The third-order valence-electron chi connectivity index (χ3n) is 2.35. The fraction of sp³-hybridized carbons (Fsp3) is 0.923. The van der Waals surface area contributed by atoms with E-state index in [-0.39, 0.29) is 5.41 Å². The monoisotopic (exact) mass is 259 g/mol. The molecule has 0 atom stereocenters. The van der Waals surface area contributed by atoms with E-state index < -0.39 is 0 Å². The topological polar surface area (TPSA) is 60.7 Å². The van der Waals surface area contributed by atoms with E-state index in [1.54, 1.807) is 7.11 Å². The number of rotatable bonds is 12. The maximum Gasteiger partial charge on any atom is 0.0701 e. The summed E-state index contributed by atoms with van der Waals surface area (Å²) in [6.07, 6.45) is 0.740. The van der Waals surface area contributed by atoms with Gasteiger partial charge in [0.2, 0.25) is 0 Å². The molecule has 0 radical (unpaired) electrons. The van der Waals surface area contributed by atoms with Crippen molar-refractivity contribution >= 4 is 0 Å². The quantitative estimate of drug-likeness (QED) is 0.498. The molecule has 0 rings (SSSR count). The molecule has 0 bridgehead atoms. The largest absolute Gasteiger partial charge is 0.382 e. The van der Waals surface area contributed by atoms with Gasteiger partial charge in [0.05, 0.1) is 51.1 Å². The summed E-state index contributed by atoms with van der Waals surface area (Å²) in [6, 6.07) is 2.24. The lowest BCUT2D eigenvalue weighted by molar-refractivity contribution is 0.00157. The first kappa shape index (κ1) is 17.3. The molecule has 0 aromatic heterocycles. The SMILES string of the molecule is COCCOCCOCCOCCC(C)(C)C#N. The first-order valence-electron chi connectivity index (χ1n) is 6.26. The molecule has 5 nitrogen and oxygen atoms in total. The van der Waals surface area contributed by atoms with Crippen molar-refractivity contribution in [3.63, 3.8) is 0 Å². The van der Waals surface area contributed by atoms with Crippen LogP contribution in [0, 0.1) is 16.7 Å². The van der Waals surface area contributed by atoms with Gasteiger partial charge < -0.3 is 18.9 Å². The Hall–Kier alpha value is -0.670. The predicted molar refractivity (Wildman–Crippen MR) is 68.3 cm³/mol. The molecule has 5 heteroatoms.